The number of oxime groups is 1. The van der Waals surface area contributed by atoms with Crippen LogP contribution < -0.4 is 15.0 Å². The van der Waals surface area contributed by atoms with Crippen LogP contribution in [-0.4, -0.2) is 82.2 Å². The minimum absolute atomic E-state index is 0.0265. The molecular formula is C48H50Cl4N4O10S2. The zero-order valence-corrected chi connectivity index (χ0v) is 42.8. The summed E-state index contributed by atoms with van der Waals surface area (Å²) in [6.45, 7) is 11.3. The number of amides is 1. The van der Waals surface area contributed by atoms with Gasteiger partial charge in [-0.15, -0.1) is 0 Å². The maximum absolute atomic E-state index is 13.4. The number of aromatic nitrogens is 2. The number of Topliss-reactive ketones (excluding diaryl/α,β-unsaturated/α-hetero) is 2. The van der Waals surface area contributed by atoms with E-state index < -0.39 is 44.0 Å². The Bertz CT molecular complexity index is 2890. The summed E-state index contributed by atoms with van der Waals surface area (Å²) in [5.74, 6) is -0.258. The summed E-state index contributed by atoms with van der Waals surface area (Å²) in [5, 5.41) is 16.2. The molecule has 0 radical (unpaired) electrons. The van der Waals surface area contributed by atoms with E-state index in [9.17, 15) is 32.7 Å². The third-order valence-corrected chi connectivity index (χ3v) is 14.2. The second-order valence-corrected chi connectivity index (χ2v) is 20.3. The maximum Gasteiger partial charge on any atom is 0.285 e. The summed E-state index contributed by atoms with van der Waals surface area (Å²) in [6.07, 6.45) is 0.914. The summed E-state index contributed by atoms with van der Waals surface area (Å²) in [7, 11) is -2.08. The molecule has 7 rings (SSSR count). The predicted octanol–water partition coefficient (Wildman–Crippen LogP) is 11.5. The number of hydrogen-bond acceptors (Lipinski definition) is 13. The molecule has 1 amide bonds. The van der Waals surface area contributed by atoms with Crippen molar-refractivity contribution < 1.29 is 42.2 Å². The number of carbonyl (C=O) groups excluding carboxylic acids is 3. The average Bonchev–Trinajstić information content (AvgIpc) is 3.69. The zero-order chi connectivity index (χ0) is 49.9. The van der Waals surface area contributed by atoms with Gasteiger partial charge < -0.3 is 24.3 Å². The first-order valence-electron chi connectivity index (χ1n) is 21.3. The molecular weight excluding hydrogens is 998 g/mol. The monoisotopic (exact) mass is 1050 g/mol. The first-order valence-corrected chi connectivity index (χ1v) is 25.5. The number of fused-ring (bicyclic) bond motifs is 1. The highest BCUT2D eigenvalue weighted by Crippen LogP contribution is 2.34. The Morgan fingerprint density at radius 3 is 2.12 bits per heavy atom. The average molecular weight is 1050 g/mol. The molecule has 0 atom stereocenters. The van der Waals surface area contributed by atoms with E-state index in [-0.39, 0.29) is 56.4 Å². The fraction of sp³-hybridized carbons (Fsp3) is 0.333. The molecule has 4 aromatic carbocycles. The lowest BCUT2D eigenvalue weighted by Crippen LogP contribution is -2.27. The Kier molecular flexibility index (Phi) is 19.0. The molecule has 68 heavy (non-hydrogen) atoms. The Hall–Kier alpha value is -5.10. The van der Waals surface area contributed by atoms with Crippen molar-refractivity contribution in [2.45, 2.75) is 77.4 Å². The number of hydrogen-bond donors (Lipinski definition) is 1. The number of aliphatic hydroxyl groups is 1. The van der Waals surface area contributed by atoms with Crippen LogP contribution in [0.1, 0.15) is 77.1 Å². The molecule has 2 heterocycles. The normalized spacial score (nSPS) is 14.2. The minimum Gasteiger partial charge on any atom is -0.505 e. The molecule has 5 aromatic rings. The van der Waals surface area contributed by atoms with Crippen molar-refractivity contribution in [2.24, 2.45) is 5.16 Å². The smallest absolute Gasteiger partial charge is 0.285 e. The van der Waals surface area contributed by atoms with E-state index in [0.29, 0.717) is 52.1 Å². The van der Waals surface area contributed by atoms with Gasteiger partial charge in [0.1, 0.15) is 28.2 Å². The van der Waals surface area contributed by atoms with Crippen LogP contribution in [0.5, 0.6) is 11.5 Å². The number of nitrogens with zero attached hydrogens (tertiary/aromatic N) is 4. The van der Waals surface area contributed by atoms with Gasteiger partial charge in [-0.25, -0.2) is 13.4 Å². The van der Waals surface area contributed by atoms with Crippen molar-refractivity contribution in [3.63, 3.8) is 0 Å². The third kappa shape index (κ3) is 13.6. The molecule has 14 nitrogen and oxygen atoms in total. The van der Waals surface area contributed by atoms with Crippen LogP contribution >= 0.6 is 58.2 Å². The molecule has 1 aromatic heterocycles. The number of para-hydroxylation sites is 1. The largest absolute Gasteiger partial charge is 0.505 e. The predicted molar refractivity (Wildman–Crippen MR) is 271 cm³/mol. The second-order valence-electron chi connectivity index (χ2n) is 15.8. The maximum atomic E-state index is 13.4. The summed E-state index contributed by atoms with van der Waals surface area (Å²) >= 11 is 25.6. The van der Waals surface area contributed by atoms with Gasteiger partial charge in [-0.05, 0) is 107 Å². The second kappa shape index (κ2) is 24.0. The van der Waals surface area contributed by atoms with E-state index in [1.54, 1.807) is 56.3 Å². The SMILES string of the molecule is CCN(CC)C(=O)SCc1ccc(Cl)cc1.CCOc1cc(Cl)c(CS(=O)(=O)C2=NOC(C)(C)C2)cc1Cl.COc1ccc(-n2c(=O)c(C(O)=C3C(=O)CCCC3=O)nc3c(Cl)cccc32)cc1. The van der Waals surface area contributed by atoms with E-state index in [0.717, 1.165) is 23.7 Å². The molecule has 0 spiro atoms. The summed E-state index contributed by atoms with van der Waals surface area (Å²) < 4.78 is 36.7. The van der Waals surface area contributed by atoms with Crippen LogP contribution in [0.4, 0.5) is 4.79 Å². The van der Waals surface area contributed by atoms with Crippen LogP contribution in [0.3, 0.4) is 0 Å². The number of rotatable bonds is 11. The number of ether oxygens (including phenoxy) is 2. The number of methoxy groups -OCH3 is 1. The number of thioether (sulfide) groups is 1. The highest BCUT2D eigenvalue weighted by atomic mass is 35.5. The molecule has 1 saturated carbocycles. The van der Waals surface area contributed by atoms with Crippen LogP contribution in [0.2, 0.25) is 20.1 Å². The van der Waals surface area contributed by atoms with Crippen molar-refractivity contribution in [2.75, 3.05) is 26.8 Å². The summed E-state index contributed by atoms with van der Waals surface area (Å²) in [5.41, 5.74) is 0.624. The number of carbonyl (C=O) groups is 3. The molecule has 0 unspecified atom stereocenters. The fourth-order valence-electron chi connectivity index (χ4n) is 6.81. The van der Waals surface area contributed by atoms with E-state index >= 15 is 0 Å². The molecule has 1 aliphatic carbocycles. The van der Waals surface area contributed by atoms with Gasteiger partial charge in [0.15, 0.2) is 37.9 Å². The van der Waals surface area contributed by atoms with Gasteiger partial charge in [-0.3, -0.25) is 23.7 Å². The first kappa shape index (κ1) is 53.8. The van der Waals surface area contributed by atoms with Crippen LogP contribution in [-0.2, 0) is 35.8 Å². The number of aliphatic hydroxyl groups excluding tert-OH is 1. The number of sulfone groups is 1. The Morgan fingerprint density at radius 1 is 0.897 bits per heavy atom. The number of benzene rings is 4. The minimum atomic E-state index is -3.61. The molecule has 0 bridgehead atoms. The van der Waals surface area contributed by atoms with Crippen molar-refractivity contribution in [3.05, 3.63) is 132 Å². The van der Waals surface area contributed by atoms with E-state index in [2.05, 4.69) is 10.1 Å². The zero-order valence-electron chi connectivity index (χ0n) is 38.1. The lowest BCUT2D eigenvalue weighted by molar-refractivity contribution is -0.123. The quantitative estimate of drug-likeness (QED) is 0.0751. The third-order valence-electron chi connectivity index (χ3n) is 10.4. The van der Waals surface area contributed by atoms with Gasteiger partial charge in [0.05, 0.1) is 35.0 Å². The molecule has 1 fully saturated rings. The first-order chi connectivity index (χ1) is 32.2. The number of allylic oxidation sites excluding steroid dienone is 1. The van der Waals surface area contributed by atoms with Gasteiger partial charge >= 0.3 is 0 Å². The van der Waals surface area contributed by atoms with Crippen molar-refractivity contribution >= 4 is 107 Å². The molecule has 1 N–H and O–H groups in total. The number of ketones is 2. The topological polar surface area (TPSA) is 184 Å². The highest BCUT2D eigenvalue weighted by Gasteiger charge is 2.36. The lowest BCUT2D eigenvalue weighted by Gasteiger charge is -2.17. The molecule has 2 aliphatic rings. The van der Waals surface area contributed by atoms with Crippen molar-refractivity contribution in [1.29, 1.82) is 0 Å². The summed E-state index contributed by atoms with van der Waals surface area (Å²) in [6, 6.07) is 22.3. The Balaban J connectivity index is 0.000000201. The van der Waals surface area contributed by atoms with Gasteiger partial charge in [0, 0.05) is 59.9 Å². The molecule has 362 valence electrons. The Labute approximate surface area is 419 Å². The van der Waals surface area contributed by atoms with Crippen molar-refractivity contribution in [3.8, 4) is 17.2 Å². The fourth-order valence-corrected chi connectivity index (χ4v) is 10.1. The van der Waals surface area contributed by atoms with Gasteiger partial charge in [-0.2, -0.15) is 0 Å². The lowest BCUT2D eigenvalue weighted by atomic mass is 9.90. The molecule has 20 heteroatoms. The van der Waals surface area contributed by atoms with Gasteiger partial charge in [0.25, 0.3) is 10.8 Å². The van der Waals surface area contributed by atoms with Gasteiger partial charge in [0.2, 0.25) is 0 Å². The highest BCUT2D eigenvalue weighted by molar-refractivity contribution is 8.12. The van der Waals surface area contributed by atoms with Gasteiger partial charge in [-0.1, -0.05) is 81.5 Å². The van der Waals surface area contributed by atoms with E-state index in [1.807, 2.05) is 49.9 Å². The van der Waals surface area contributed by atoms with Crippen molar-refractivity contribution in [1.82, 2.24) is 14.5 Å². The molecule has 0 saturated heterocycles. The van der Waals surface area contributed by atoms with Crippen LogP contribution in [0.15, 0.2) is 94.4 Å². The summed E-state index contributed by atoms with van der Waals surface area (Å²) in [4.78, 5) is 60.8. The van der Waals surface area contributed by atoms with E-state index in [1.165, 1.54) is 35.6 Å². The Morgan fingerprint density at radius 2 is 1.54 bits per heavy atom. The van der Waals surface area contributed by atoms with Crippen LogP contribution in [0, 0.1) is 0 Å². The standard InChI is InChI=1S/C22H17ClN2O5.C14H17Cl2NO4S.C12H16ClNOS/c1-30-13-10-8-12(9-11-13)25-15-5-2-4-14(23)19(15)24-20(22(25)29)21(28)18-16(26)6-3-7-17(18)27;1-4-20-12-6-10(15)9(5-11(12)16)8-22(18,19)13-7-14(2,3)21-17-13;1-3-14(4-2)12(15)16-9-10-5-7-11(13)8-6-10/h2,4-5,8-11,28H,3,6-7H2,1H3;5-6H,4,7-8H2,1-3H3;5-8H,3-4,9H2,1-2H3. The van der Waals surface area contributed by atoms with Crippen LogP contribution in [0.25, 0.3) is 22.5 Å². The molecule has 1 aliphatic heterocycles. The number of halogens is 4. The van der Waals surface area contributed by atoms with E-state index in [4.69, 9.17) is 60.7 Å².